The number of H-pyrrole nitrogens is 2. The van der Waals surface area contributed by atoms with Crippen molar-refractivity contribution in [2.75, 3.05) is 7.05 Å². The van der Waals surface area contributed by atoms with E-state index in [4.69, 9.17) is 5.11 Å². The summed E-state index contributed by atoms with van der Waals surface area (Å²) in [4.78, 5) is 50.9. The van der Waals surface area contributed by atoms with E-state index in [0.29, 0.717) is 11.3 Å². The highest BCUT2D eigenvalue weighted by Crippen LogP contribution is 2.04. The molecule has 1 unspecified atom stereocenters. The van der Waals surface area contributed by atoms with E-state index in [0.717, 1.165) is 4.90 Å². The van der Waals surface area contributed by atoms with Gasteiger partial charge >= 0.3 is 11.7 Å². The number of nitrogens with zero attached hydrogens (tertiary/aromatic N) is 1. The van der Waals surface area contributed by atoms with Gasteiger partial charge in [0.05, 0.1) is 0 Å². The number of hydrogen-bond acceptors (Lipinski definition) is 4. The Morgan fingerprint density at radius 3 is 2.40 bits per heavy atom. The van der Waals surface area contributed by atoms with E-state index < -0.39 is 23.3 Å². The minimum absolute atomic E-state index is 0.00984. The average Bonchev–Trinajstić information content (AvgIpc) is 2.35. The van der Waals surface area contributed by atoms with Crippen molar-refractivity contribution in [3.63, 3.8) is 0 Å². The molecule has 20 heavy (non-hydrogen) atoms. The van der Waals surface area contributed by atoms with Gasteiger partial charge in [-0.3, -0.25) is 14.6 Å². The van der Waals surface area contributed by atoms with Gasteiger partial charge in [0, 0.05) is 24.7 Å². The number of carboxylic acids is 1. The molecule has 1 heterocycles. The number of aliphatic carboxylic acids is 1. The Hall–Kier alpha value is -2.38. The number of aromatic nitrogens is 2. The molecule has 0 bridgehead atoms. The largest absolute Gasteiger partial charge is 0.480 e. The Morgan fingerprint density at radius 1 is 1.30 bits per heavy atom. The number of carbonyl (C=O) groups is 2. The van der Waals surface area contributed by atoms with Gasteiger partial charge < -0.3 is 15.0 Å². The fraction of sp³-hybridized carbons (Fsp3) is 0.500. The van der Waals surface area contributed by atoms with Gasteiger partial charge in [0.25, 0.3) is 5.56 Å². The molecule has 1 amide bonds. The first-order valence-electron chi connectivity index (χ1n) is 6.04. The van der Waals surface area contributed by atoms with E-state index in [1.165, 1.54) is 14.0 Å². The SMILES string of the molecule is Cc1[nH]c(=O)[nH]c(=O)c1CCC(=O)N(C)C(C)C(=O)O. The molecule has 8 heteroatoms. The second kappa shape index (κ2) is 6.18. The van der Waals surface area contributed by atoms with E-state index >= 15 is 0 Å². The quantitative estimate of drug-likeness (QED) is 0.655. The van der Waals surface area contributed by atoms with Crippen molar-refractivity contribution in [3.05, 3.63) is 32.1 Å². The number of carbonyl (C=O) groups excluding carboxylic acids is 1. The molecule has 0 spiro atoms. The zero-order valence-corrected chi connectivity index (χ0v) is 11.5. The maximum Gasteiger partial charge on any atom is 0.326 e. The third-order valence-corrected chi connectivity index (χ3v) is 3.18. The van der Waals surface area contributed by atoms with Gasteiger partial charge in [-0.1, -0.05) is 0 Å². The summed E-state index contributed by atoms with van der Waals surface area (Å²) in [5, 5.41) is 8.82. The minimum Gasteiger partial charge on any atom is -0.480 e. The van der Waals surface area contributed by atoms with Crippen molar-refractivity contribution in [3.8, 4) is 0 Å². The molecule has 8 nitrogen and oxygen atoms in total. The molecule has 1 aromatic heterocycles. The molecule has 0 aliphatic heterocycles. The summed E-state index contributed by atoms with van der Waals surface area (Å²) in [6.45, 7) is 2.97. The van der Waals surface area contributed by atoms with Gasteiger partial charge in [-0.15, -0.1) is 0 Å². The Morgan fingerprint density at radius 2 is 1.90 bits per heavy atom. The third kappa shape index (κ3) is 3.56. The molecule has 0 saturated heterocycles. The molecule has 1 aromatic rings. The van der Waals surface area contributed by atoms with Gasteiger partial charge in [0.15, 0.2) is 0 Å². The van der Waals surface area contributed by atoms with Crippen LogP contribution in [0.2, 0.25) is 0 Å². The average molecular weight is 283 g/mol. The summed E-state index contributed by atoms with van der Waals surface area (Å²) in [7, 11) is 1.39. The first kappa shape index (κ1) is 15.7. The number of carboxylic acid groups (broad SMARTS) is 1. The Bertz CT molecular complexity index is 631. The van der Waals surface area contributed by atoms with Crippen LogP contribution in [0.4, 0.5) is 0 Å². The van der Waals surface area contributed by atoms with Gasteiger partial charge in [0.1, 0.15) is 6.04 Å². The molecule has 0 radical (unpaired) electrons. The van der Waals surface area contributed by atoms with Crippen molar-refractivity contribution < 1.29 is 14.7 Å². The van der Waals surface area contributed by atoms with Gasteiger partial charge in [0.2, 0.25) is 5.91 Å². The molecule has 3 N–H and O–H groups in total. The number of likely N-dealkylation sites (N-methyl/N-ethyl adjacent to an activating group) is 1. The molecule has 0 aromatic carbocycles. The van der Waals surface area contributed by atoms with Crippen LogP contribution >= 0.6 is 0 Å². The standard InChI is InChI=1S/C12H17N3O5/c1-6-8(10(17)14-12(20)13-6)4-5-9(16)15(3)7(2)11(18)19/h7H,4-5H2,1-3H3,(H,18,19)(H2,13,14,17,20). The second-order valence-corrected chi connectivity index (χ2v) is 4.53. The number of hydrogen-bond donors (Lipinski definition) is 3. The lowest BCUT2D eigenvalue weighted by Crippen LogP contribution is -2.40. The molecule has 0 aliphatic carbocycles. The number of nitrogens with one attached hydrogen (secondary N) is 2. The highest BCUT2D eigenvalue weighted by molar-refractivity contribution is 5.83. The molecule has 1 atom stereocenters. The lowest BCUT2D eigenvalue weighted by Gasteiger charge is -2.21. The van der Waals surface area contributed by atoms with E-state index in [1.54, 1.807) is 6.92 Å². The number of aryl methyl sites for hydroxylation is 1. The lowest BCUT2D eigenvalue weighted by atomic mass is 10.1. The molecule has 0 fully saturated rings. The number of rotatable bonds is 5. The number of aromatic amines is 2. The van der Waals surface area contributed by atoms with E-state index in [9.17, 15) is 19.2 Å². The van der Waals surface area contributed by atoms with Gasteiger partial charge in [-0.2, -0.15) is 0 Å². The molecular weight excluding hydrogens is 266 g/mol. The highest BCUT2D eigenvalue weighted by Gasteiger charge is 2.21. The van der Waals surface area contributed by atoms with E-state index in [2.05, 4.69) is 9.97 Å². The first-order valence-corrected chi connectivity index (χ1v) is 6.04. The molecule has 110 valence electrons. The Kier molecular flexibility index (Phi) is 4.84. The van der Waals surface area contributed by atoms with E-state index in [1.807, 2.05) is 0 Å². The van der Waals surface area contributed by atoms with Crippen LogP contribution < -0.4 is 11.2 Å². The summed E-state index contributed by atoms with van der Waals surface area (Å²) in [5.74, 6) is -1.48. The van der Waals surface area contributed by atoms with Crippen LogP contribution in [0.3, 0.4) is 0 Å². The van der Waals surface area contributed by atoms with Crippen molar-refractivity contribution in [1.29, 1.82) is 0 Å². The van der Waals surface area contributed by atoms with Crippen LogP contribution in [-0.2, 0) is 16.0 Å². The van der Waals surface area contributed by atoms with Crippen LogP contribution in [0.25, 0.3) is 0 Å². The summed E-state index contributed by atoms with van der Waals surface area (Å²) in [5.41, 5.74) is -0.415. The van der Waals surface area contributed by atoms with Gasteiger partial charge in [-0.05, 0) is 20.3 Å². The first-order chi connectivity index (χ1) is 9.23. The zero-order chi connectivity index (χ0) is 15.4. The van der Waals surface area contributed by atoms with Crippen molar-refractivity contribution in [1.82, 2.24) is 14.9 Å². The van der Waals surface area contributed by atoms with Crippen LogP contribution in [-0.4, -0.2) is 44.9 Å². The Labute approximate surface area is 114 Å². The lowest BCUT2D eigenvalue weighted by molar-refractivity contribution is -0.148. The summed E-state index contributed by atoms with van der Waals surface area (Å²) in [6.07, 6.45) is 0.123. The third-order valence-electron chi connectivity index (χ3n) is 3.18. The van der Waals surface area contributed by atoms with Crippen molar-refractivity contribution in [2.24, 2.45) is 0 Å². The zero-order valence-electron chi connectivity index (χ0n) is 11.5. The summed E-state index contributed by atoms with van der Waals surface area (Å²) >= 11 is 0. The highest BCUT2D eigenvalue weighted by atomic mass is 16.4. The number of amides is 1. The predicted molar refractivity (Wildman–Crippen MR) is 70.6 cm³/mol. The second-order valence-electron chi connectivity index (χ2n) is 4.53. The minimum atomic E-state index is -1.10. The summed E-state index contributed by atoms with van der Waals surface area (Å²) < 4.78 is 0. The summed E-state index contributed by atoms with van der Waals surface area (Å²) in [6, 6.07) is -0.933. The smallest absolute Gasteiger partial charge is 0.326 e. The van der Waals surface area contributed by atoms with Crippen LogP contribution in [0.5, 0.6) is 0 Å². The van der Waals surface area contributed by atoms with Crippen LogP contribution in [0.1, 0.15) is 24.6 Å². The van der Waals surface area contributed by atoms with Crippen LogP contribution in [0.15, 0.2) is 9.59 Å². The molecule has 0 saturated carbocycles. The molecule has 0 aliphatic rings. The van der Waals surface area contributed by atoms with Crippen molar-refractivity contribution >= 4 is 11.9 Å². The monoisotopic (exact) mass is 283 g/mol. The van der Waals surface area contributed by atoms with Gasteiger partial charge in [-0.25, -0.2) is 9.59 Å². The van der Waals surface area contributed by atoms with Crippen LogP contribution in [0, 0.1) is 6.92 Å². The molecule has 1 rings (SSSR count). The maximum atomic E-state index is 11.8. The normalized spacial score (nSPS) is 11.9. The Balaban J connectivity index is 2.78. The predicted octanol–water partition coefficient (Wildman–Crippen LogP) is -0.764. The van der Waals surface area contributed by atoms with Crippen molar-refractivity contribution in [2.45, 2.75) is 32.7 Å². The topological polar surface area (TPSA) is 123 Å². The maximum absolute atomic E-state index is 11.8. The molecular formula is C12H17N3O5. The fourth-order valence-corrected chi connectivity index (χ4v) is 1.72. The fourth-order valence-electron chi connectivity index (χ4n) is 1.72. The van der Waals surface area contributed by atoms with E-state index in [-0.39, 0.29) is 18.7 Å².